The van der Waals surface area contributed by atoms with Gasteiger partial charge in [0.25, 0.3) is 0 Å². The molecule has 0 amide bonds. The van der Waals surface area contributed by atoms with Gasteiger partial charge < -0.3 is 9.64 Å². The first-order valence-electron chi connectivity index (χ1n) is 5.87. The van der Waals surface area contributed by atoms with Crippen molar-refractivity contribution in [3.05, 3.63) is 30.5 Å². The highest BCUT2D eigenvalue weighted by molar-refractivity contribution is 9.09. The summed E-state index contributed by atoms with van der Waals surface area (Å²) >= 11 is 3.45. The molecule has 5 heteroatoms. The summed E-state index contributed by atoms with van der Waals surface area (Å²) in [5, 5.41) is 1.94. The van der Waals surface area contributed by atoms with Gasteiger partial charge in [-0.15, -0.1) is 0 Å². The molecule has 0 spiro atoms. The zero-order valence-electron chi connectivity index (χ0n) is 10.3. The molecule has 1 heterocycles. The standard InChI is InChI=1S/C13H16BrN3O/c1-18-9-8-17(7-6-14)13-15-10-11-4-2-3-5-12(11)16-13/h2-5,10H,6-9H2,1H3. The number of fused-ring (bicyclic) bond motifs is 1. The van der Waals surface area contributed by atoms with E-state index in [9.17, 15) is 0 Å². The third kappa shape index (κ3) is 3.17. The van der Waals surface area contributed by atoms with Crippen LogP contribution in [0.2, 0.25) is 0 Å². The van der Waals surface area contributed by atoms with Crippen LogP contribution in [0.15, 0.2) is 30.5 Å². The Kier molecular flexibility index (Phi) is 4.90. The van der Waals surface area contributed by atoms with E-state index >= 15 is 0 Å². The van der Waals surface area contributed by atoms with Gasteiger partial charge in [-0.1, -0.05) is 34.1 Å². The summed E-state index contributed by atoms with van der Waals surface area (Å²) in [5.74, 6) is 0.755. The maximum Gasteiger partial charge on any atom is 0.225 e. The first-order chi connectivity index (χ1) is 8.85. The van der Waals surface area contributed by atoms with Crippen molar-refractivity contribution in [3.8, 4) is 0 Å². The largest absolute Gasteiger partial charge is 0.383 e. The minimum Gasteiger partial charge on any atom is -0.383 e. The highest BCUT2D eigenvalue weighted by Gasteiger charge is 2.09. The van der Waals surface area contributed by atoms with E-state index in [-0.39, 0.29) is 0 Å². The van der Waals surface area contributed by atoms with Crippen LogP contribution in [0.4, 0.5) is 5.95 Å². The van der Waals surface area contributed by atoms with Crippen molar-refractivity contribution in [2.75, 3.05) is 37.0 Å². The molecular formula is C13H16BrN3O. The molecule has 2 aromatic rings. The topological polar surface area (TPSA) is 38.2 Å². The van der Waals surface area contributed by atoms with E-state index in [2.05, 4.69) is 30.8 Å². The van der Waals surface area contributed by atoms with Crippen molar-refractivity contribution < 1.29 is 4.74 Å². The highest BCUT2D eigenvalue weighted by Crippen LogP contribution is 2.14. The molecular weight excluding hydrogens is 294 g/mol. The van der Waals surface area contributed by atoms with E-state index in [4.69, 9.17) is 4.74 Å². The smallest absolute Gasteiger partial charge is 0.225 e. The van der Waals surface area contributed by atoms with Crippen molar-refractivity contribution in [2.45, 2.75) is 0 Å². The van der Waals surface area contributed by atoms with E-state index in [0.717, 1.165) is 35.3 Å². The Morgan fingerprint density at radius 2 is 2.11 bits per heavy atom. The van der Waals surface area contributed by atoms with Crippen molar-refractivity contribution >= 4 is 32.8 Å². The second-order valence-corrected chi connectivity index (χ2v) is 4.69. The number of halogens is 1. The van der Waals surface area contributed by atoms with Crippen LogP contribution in [-0.4, -0.2) is 42.1 Å². The summed E-state index contributed by atoms with van der Waals surface area (Å²) in [6, 6.07) is 8.00. The van der Waals surface area contributed by atoms with Crippen molar-refractivity contribution in [2.24, 2.45) is 0 Å². The molecule has 0 saturated carbocycles. The van der Waals surface area contributed by atoms with Crippen LogP contribution < -0.4 is 4.90 Å². The minimum atomic E-state index is 0.670. The maximum absolute atomic E-state index is 5.12. The Morgan fingerprint density at radius 1 is 1.28 bits per heavy atom. The Balaban J connectivity index is 2.25. The zero-order chi connectivity index (χ0) is 12.8. The fourth-order valence-corrected chi connectivity index (χ4v) is 2.16. The Labute approximate surface area is 115 Å². The minimum absolute atomic E-state index is 0.670. The van der Waals surface area contributed by atoms with Gasteiger partial charge in [0.2, 0.25) is 5.95 Å². The van der Waals surface area contributed by atoms with Gasteiger partial charge in [0.1, 0.15) is 0 Å². The molecule has 0 aliphatic carbocycles. The first-order valence-corrected chi connectivity index (χ1v) is 6.99. The van der Waals surface area contributed by atoms with Crippen LogP contribution in [0.1, 0.15) is 0 Å². The average Bonchev–Trinajstić information content (AvgIpc) is 2.43. The average molecular weight is 310 g/mol. The normalized spacial score (nSPS) is 10.8. The molecule has 18 heavy (non-hydrogen) atoms. The van der Waals surface area contributed by atoms with Crippen molar-refractivity contribution in [3.63, 3.8) is 0 Å². The Hall–Kier alpha value is -1.20. The molecule has 0 unspecified atom stereocenters. The first kappa shape index (κ1) is 13.2. The van der Waals surface area contributed by atoms with Crippen molar-refractivity contribution in [1.82, 2.24) is 9.97 Å². The number of hydrogen-bond donors (Lipinski definition) is 0. The summed E-state index contributed by atoms with van der Waals surface area (Å²) in [5.41, 5.74) is 0.972. The Morgan fingerprint density at radius 3 is 2.89 bits per heavy atom. The lowest BCUT2D eigenvalue weighted by atomic mass is 10.2. The highest BCUT2D eigenvalue weighted by atomic mass is 79.9. The SMILES string of the molecule is COCCN(CCBr)c1ncc2ccccc2n1. The predicted molar refractivity (Wildman–Crippen MR) is 77.4 cm³/mol. The molecule has 0 aliphatic rings. The summed E-state index contributed by atoms with van der Waals surface area (Å²) in [6.45, 7) is 2.32. The van der Waals surface area contributed by atoms with E-state index in [1.54, 1.807) is 7.11 Å². The molecule has 0 fully saturated rings. The third-order valence-electron chi connectivity index (χ3n) is 2.68. The lowest BCUT2D eigenvalue weighted by Gasteiger charge is -2.21. The molecule has 0 aliphatic heterocycles. The molecule has 4 nitrogen and oxygen atoms in total. The second kappa shape index (κ2) is 6.66. The molecule has 2 rings (SSSR count). The lowest BCUT2D eigenvalue weighted by molar-refractivity contribution is 0.205. The predicted octanol–water partition coefficient (Wildman–Crippen LogP) is 2.48. The van der Waals surface area contributed by atoms with E-state index in [1.807, 2.05) is 30.5 Å². The van der Waals surface area contributed by atoms with E-state index in [1.165, 1.54) is 0 Å². The Bertz CT molecular complexity index is 506. The van der Waals surface area contributed by atoms with Crippen LogP contribution in [0, 0.1) is 0 Å². The number of rotatable bonds is 6. The summed E-state index contributed by atoms with van der Waals surface area (Å²) < 4.78 is 5.12. The number of nitrogens with zero attached hydrogens (tertiary/aromatic N) is 3. The molecule has 1 aromatic carbocycles. The van der Waals surface area contributed by atoms with Gasteiger partial charge in [0.15, 0.2) is 0 Å². The monoisotopic (exact) mass is 309 g/mol. The quantitative estimate of drug-likeness (QED) is 0.768. The van der Waals surface area contributed by atoms with Gasteiger partial charge in [0, 0.05) is 37.1 Å². The lowest BCUT2D eigenvalue weighted by Crippen LogP contribution is -2.30. The van der Waals surface area contributed by atoms with E-state index < -0.39 is 0 Å². The molecule has 0 bridgehead atoms. The van der Waals surface area contributed by atoms with Crippen LogP contribution >= 0.6 is 15.9 Å². The number of methoxy groups -OCH3 is 1. The number of anilines is 1. The summed E-state index contributed by atoms with van der Waals surface area (Å²) in [6.07, 6.45) is 1.87. The van der Waals surface area contributed by atoms with Crippen LogP contribution in [0.25, 0.3) is 10.9 Å². The second-order valence-electron chi connectivity index (χ2n) is 3.90. The number of alkyl halides is 1. The molecule has 0 radical (unpaired) electrons. The van der Waals surface area contributed by atoms with Crippen LogP contribution in [-0.2, 0) is 4.74 Å². The molecule has 0 saturated heterocycles. The van der Waals surface area contributed by atoms with Gasteiger partial charge in [-0.3, -0.25) is 0 Å². The zero-order valence-corrected chi connectivity index (χ0v) is 11.9. The number of hydrogen-bond acceptors (Lipinski definition) is 4. The van der Waals surface area contributed by atoms with Crippen LogP contribution in [0.5, 0.6) is 0 Å². The fourth-order valence-electron chi connectivity index (χ4n) is 1.73. The van der Waals surface area contributed by atoms with Gasteiger partial charge in [-0.2, -0.15) is 0 Å². The van der Waals surface area contributed by atoms with Crippen molar-refractivity contribution in [1.29, 1.82) is 0 Å². The summed E-state index contributed by atoms with van der Waals surface area (Å²) in [7, 11) is 1.70. The molecule has 0 atom stereocenters. The van der Waals surface area contributed by atoms with E-state index in [0.29, 0.717) is 6.61 Å². The number of aromatic nitrogens is 2. The third-order valence-corrected chi connectivity index (χ3v) is 3.03. The van der Waals surface area contributed by atoms with Gasteiger partial charge in [-0.25, -0.2) is 9.97 Å². The fraction of sp³-hybridized carbons (Fsp3) is 0.385. The molecule has 1 aromatic heterocycles. The van der Waals surface area contributed by atoms with Gasteiger partial charge in [-0.05, 0) is 6.07 Å². The maximum atomic E-state index is 5.12. The number of ether oxygens (including phenoxy) is 1. The van der Waals surface area contributed by atoms with Gasteiger partial charge >= 0.3 is 0 Å². The van der Waals surface area contributed by atoms with Gasteiger partial charge in [0.05, 0.1) is 12.1 Å². The molecule has 0 N–H and O–H groups in total. The number of benzene rings is 1. The number of para-hydroxylation sites is 1. The molecule has 96 valence electrons. The summed E-state index contributed by atoms with van der Waals surface area (Å²) in [4.78, 5) is 11.1. The van der Waals surface area contributed by atoms with Crippen LogP contribution in [0.3, 0.4) is 0 Å².